The number of carbonyl (C=O) groups excluding carboxylic acids is 1. The van der Waals surface area contributed by atoms with Crippen LogP contribution in [0.2, 0.25) is 0 Å². The Hall–Kier alpha value is -2.02. The largest absolute Gasteiger partial charge is 0.383 e. The summed E-state index contributed by atoms with van der Waals surface area (Å²) in [6.07, 6.45) is 0. The molecule has 110 valence electrons. The highest BCUT2D eigenvalue weighted by atomic mass is 79.9. The Morgan fingerprint density at radius 2 is 1.71 bits per heavy atom. The zero-order valence-corrected chi connectivity index (χ0v) is 12.4. The first-order valence-corrected chi connectivity index (χ1v) is 6.65. The highest BCUT2D eigenvalue weighted by Crippen LogP contribution is 2.25. The average Bonchev–Trinajstić information content (AvgIpc) is 2.41. The Morgan fingerprint density at radius 1 is 1.10 bits per heavy atom. The number of hydrogen-bond acceptors (Lipinski definition) is 2. The Morgan fingerprint density at radius 3 is 2.24 bits per heavy atom. The molecule has 2 rings (SSSR count). The van der Waals surface area contributed by atoms with Crippen LogP contribution in [0, 0.1) is 17.5 Å². The summed E-state index contributed by atoms with van der Waals surface area (Å²) in [5.41, 5.74) is -0.199. The van der Waals surface area contributed by atoms with Gasteiger partial charge < -0.3 is 10.6 Å². The highest BCUT2D eigenvalue weighted by molar-refractivity contribution is 9.10. The number of anilines is 2. The summed E-state index contributed by atoms with van der Waals surface area (Å²) in [6, 6.07) is 5.50. The van der Waals surface area contributed by atoms with Crippen LogP contribution in [-0.2, 0) is 0 Å². The zero-order chi connectivity index (χ0) is 15.6. The molecule has 0 saturated heterocycles. The van der Waals surface area contributed by atoms with Gasteiger partial charge in [-0.15, -0.1) is 0 Å². The predicted molar refractivity (Wildman–Crippen MR) is 78.0 cm³/mol. The number of rotatable bonds is 3. The Bertz CT molecular complexity index is 684. The number of nitrogens with one attached hydrogen (secondary N) is 2. The van der Waals surface area contributed by atoms with Crippen molar-refractivity contribution in [3.8, 4) is 0 Å². The van der Waals surface area contributed by atoms with Crippen LogP contribution < -0.4 is 10.6 Å². The quantitative estimate of drug-likeness (QED) is 0.864. The van der Waals surface area contributed by atoms with E-state index in [1.807, 2.05) is 0 Å². The second-order valence-electron chi connectivity index (χ2n) is 4.14. The summed E-state index contributed by atoms with van der Waals surface area (Å²) in [7, 11) is 1.37. The fourth-order valence-corrected chi connectivity index (χ4v) is 2.18. The molecule has 21 heavy (non-hydrogen) atoms. The lowest BCUT2D eigenvalue weighted by Crippen LogP contribution is -2.13. The van der Waals surface area contributed by atoms with Crippen LogP contribution in [0.5, 0.6) is 0 Å². The second-order valence-corrected chi connectivity index (χ2v) is 5.00. The third-order valence-electron chi connectivity index (χ3n) is 2.73. The lowest BCUT2D eigenvalue weighted by Gasteiger charge is -2.10. The first-order chi connectivity index (χ1) is 9.92. The van der Waals surface area contributed by atoms with Crippen LogP contribution >= 0.6 is 15.9 Å². The molecule has 0 aliphatic heterocycles. The minimum Gasteiger partial charge on any atom is -0.383 e. The topological polar surface area (TPSA) is 41.1 Å². The molecule has 7 heteroatoms. The van der Waals surface area contributed by atoms with E-state index >= 15 is 0 Å². The molecule has 0 spiro atoms. The van der Waals surface area contributed by atoms with Crippen LogP contribution in [-0.4, -0.2) is 13.0 Å². The van der Waals surface area contributed by atoms with Gasteiger partial charge in [-0.3, -0.25) is 4.79 Å². The van der Waals surface area contributed by atoms with Crippen LogP contribution in [0.15, 0.2) is 34.8 Å². The smallest absolute Gasteiger partial charge is 0.255 e. The molecule has 0 aliphatic rings. The monoisotopic (exact) mass is 358 g/mol. The predicted octanol–water partition coefficient (Wildman–Crippen LogP) is 4.16. The standard InChI is InChI=1S/C14H10BrF3N2O/c1-19-13-10(17)4-7(5-11(13)18)14(21)20-12-3-2-8(16)6-9(12)15/h2-6,19H,1H3,(H,20,21). The normalized spacial score (nSPS) is 10.3. The molecule has 2 N–H and O–H groups in total. The van der Waals surface area contributed by atoms with E-state index in [1.54, 1.807) is 0 Å². The number of halogens is 4. The van der Waals surface area contributed by atoms with Crippen molar-refractivity contribution in [3.63, 3.8) is 0 Å². The molecule has 0 atom stereocenters. The Kier molecular flexibility index (Phi) is 4.52. The van der Waals surface area contributed by atoms with Gasteiger partial charge in [0, 0.05) is 17.1 Å². The van der Waals surface area contributed by atoms with Gasteiger partial charge in [-0.25, -0.2) is 13.2 Å². The summed E-state index contributed by atoms with van der Waals surface area (Å²) in [5.74, 6) is -2.93. The van der Waals surface area contributed by atoms with Crippen molar-refractivity contribution >= 4 is 33.2 Å². The van der Waals surface area contributed by atoms with Gasteiger partial charge in [0.25, 0.3) is 5.91 Å². The summed E-state index contributed by atoms with van der Waals surface area (Å²) in [4.78, 5) is 12.0. The lowest BCUT2D eigenvalue weighted by molar-refractivity contribution is 0.102. The molecule has 0 bridgehead atoms. The molecular formula is C14H10BrF3N2O. The van der Waals surface area contributed by atoms with E-state index in [1.165, 1.54) is 19.2 Å². The molecule has 3 nitrogen and oxygen atoms in total. The fraction of sp³-hybridized carbons (Fsp3) is 0.0714. The molecule has 0 fully saturated rings. The van der Waals surface area contributed by atoms with Crippen molar-refractivity contribution in [2.24, 2.45) is 0 Å². The molecule has 0 aliphatic carbocycles. The molecule has 1 amide bonds. The Balaban J connectivity index is 2.28. The summed E-state index contributed by atoms with van der Waals surface area (Å²) in [6.45, 7) is 0. The van der Waals surface area contributed by atoms with Gasteiger partial charge in [0.1, 0.15) is 23.1 Å². The van der Waals surface area contributed by atoms with Gasteiger partial charge in [-0.2, -0.15) is 0 Å². The maximum atomic E-state index is 13.6. The third kappa shape index (κ3) is 3.36. The van der Waals surface area contributed by atoms with Gasteiger partial charge >= 0.3 is 0 Å². The van der Waals surface area contributed by atoms with Gasteiger partial charge in [-0.1, -0.05) is 0 Å². The number of benzene rings is 2. The maximum Gasteiger partial charge on any atom is 0.255 e. The summed E-state index contributed by atoms with van der Waals surface area (Å²) in [5, 5.41) is 4.80. The van der Waals surface area contributed by atoms with E-state index in [9.17, 15) is 18.0 Å². The molecule has 0 aromatic heterocycles. The van der Waals surface area contributed by atoms with E-state index in [0.717, 1.165) is 18.2 Å². The molecule has 0 saturated carbocycles. The van der Waals surface area contributed by atoms with Gasteiger partial charge in [-0.05, 0) is 46.3 Å². The maximum absolute atomic E-state index is 13.6. The van der Waals surface area contributed by atoms with Crippen molar-refractivity contribution in [2.75, 3.05) is 17.7 Å². The van der Waals surface area contributed by atoms with Gasteiger partial charge in [0.05, 0.1) is 5.69 Å². The minimum absolute atomic E-state index is 0.180. The van der Waals surface area contributed by atoms with Crippen molar-refractivity contribution in [2.45, 2.75) is 0 Å². The number of hydrogen-bond donors (Lipinski definition) is 2. The molecule has 2 aromatic carbocycles. The van der Waals surface area contributed by atoms with E-state index in [4.69, 9.17) is 0 Å². The molecule has 0 heterocycles. The van der Waals surface area contributed by atoms with E-state index in [-0.39, 0.29) is 11.3 Å². The first-order valence-electron chi connectivity index (χ1n) is 5.85. The number of carbonyl (C=O) groups is 1. The van der Waals surface area contributed by atoms with Crippen LogP contribution in [0.3, 0.4) is 0 Å². The summed E-state index contributed by atoms with van der Waals surface area (Å²) >= 11 is 3.09. The molecular weight excluding hydrogens is 349 g/mol. The second kappa shape index (κ2) is 6.17. The fourth-order valence-electron chi connectivity index (χ4n) is 1.73. The Labute approximate surface area is 127 Å². The SMILES string of the molecule is CNc1c(F)cc(C(=O)Nc2ccc(F)cc2Br)cc1F. The molecule has 2 aromatic rings. The van der Waals surface area contributed by atoms with E-state index in [0.29, 0.717) is 10.2 Å². The molecule has 0 unspecified atom stereocenters. The van der Waals surface area contributed by atoms with Crippen molar-refractivity contribution in [1.29, 1.82) is 0 Å². The number of amides is 1. The van der Waals surface area contributed by atoms with E-state index in [2.05, 4.69) is 26.6 Å². The van der Waals surface area contributed by atoms with Crippen LogP contribution in [0.4, 0.5) is 24.5 Å². The third-order valence-corrected chi connectivity index (χ3v) is 3.39. The van der Waals surface area contributed by atoms with Crippen molar-refractivity contribution in [1.82, 2.24) is 0 Å². The molecule has 0 radical (unpaired) electrons. The zero-order valence-electron chi connectivity index (χ0n) is 10.8. The van der Waals surface area contributed by atoms with Gasteiger partial charge in [0.2, 0.25) is 0 Å². The van der Waals surface area contributed by atoms with E-state index < -0.39 is 23.4 Å². The van der Waals surface area contributed by atoms with Crippen LogP contribution in [0.25, 0.3) is 0 Å². The minimum atomic E-state index is -0.874. The van der Waals surface area contributed by atoms with Crippen molar-refractivity contribution < 1.29 is 18.0 Å². The highest BCUT2D eigenvalue weighted by Gasteiger charge is 2.15. The summed E-state index contributed by atoms with van der Waals surface area (Å²) < 4.78 is 40.5. The first kappa shape index (κ1) is 15.4. The van der Waals surface area contributed by atoms with Crippen molar-refractivity contribution in [3.05, 3.63) is 57.8 Å². The van der Waals surface area contributed by atoms with Crippen LogP contribution in [0.1, 0.15) is 10.4 Å². The average molecular weight is 359 g/mol. The lowest BCUT2D eigenvalue weighted by atomic mass is 10.1. The van der Waals surface area contributed by atoms with Gasteiger partial charge in [0.15, 0.2) is 0 Å².